The molecule has 0 heterocycles. The summed E-state index contributed by atoms with van der Waals surface area (Å²) in [5.41, 5.74) is -0.639. The molecule has 0 saturated heterocycles. The number of amides is 7. The zero-order chi connectivity index (χ0) is 98.2. The van der Waals surface area contributed by atoms with E-state index < -0.39 is 191 Å². The lowest BCUT2D eigenvalue weighted by atomic mass is 9.76. The molecule has 0 bridgehead atoms. The summed E-state index contributed by atoms with van der Waals surface area (Å²) in [7, 11) is 2.99. The van der Waals surface area contributed by atoms with Crippen LogP contribution in [0.4, 0.5) is 4.79 Å². The van der Waals surface area contributed by atoms with Gasteiger partial charge in [0.05, 0.1) is 86.7 Å². The Balaban J connectivity index is 1.18. The van der Waals surface area contributed by atoms with Crippen LogP contribution in [0, 0.1) is 35.5 Å². The molecular formula is C106H139N7O19S2. The van der Waals surface area contributed by atoms with Gasteiger partial charge in [0.25, 0.3) is 0 Å². The van der Waals surface area contributed by atoms with Crippen LogP contribution in [0.5, 0.6) is 0 Å². The SMILES string of the molecule is CCSSC[C@H](NC(=O)OC(C)(C)C)C(=O)NCCOCCOCC(=O)CCC(=O)N[C@H](C(=O)C[C@@H](CC(=O)NC(c1ccccc1)(c1ccccc1)c1ccccc1)C(=O)N[C@@H](C)C(=O)C[C@@H](COC(c1ccccc1)(c1ccccc1)c1ccccc1)C(=O)N[C@@H](COC(C)(C)C)C(=O)C[C@@H](COC(C)(C)C)C(=O)N[C@@H](CC(C)C)C(=O)C[C@@H](Cc1ccccc1)C(C)=O)C(C)C. The molecule has 9 atom stereocenters. The van der Waals surface area contributed by atoms with Gasteiger partial charge < -0.3 is 65.6 Å². The molecule has 0 aliphatic heterocycles. The van der Waals surface area contributed by atoms with Crippen molar-refractivity contribution < 1.29 is 90.8 Å². The molecule has 0 spiro atoms. The second kappa shape index (κ2) is 54.6. The highest BCUT2D eigenvalue weighted by Gasteiger charge is 2.44. The van der Waals surface area contributed by atoms with Crippen LogP contribution in [-0.2, 0) is 104 Å². The van der Waals surface area contributed by atoms with Crippen LogP contribution < -0.4 is 37.2 Å². The van der Waals surface area contributed by atoms with E-state index in [-0.39, 0.29) is 82.7 Å². The van der Waals surface area contributed by atoms with Crippen LogP contribution in [0.2, 0.25) is 0 Å². The first kappa shape index (κ1) is 110. The molecule has 0 unspecified atom stereocenters. The van der Waals surface area contributed by atoms with Crippen molar-refractivity contribution in [3.05, 3.63) is 251 Å². The molecular weight excluding hydrogens is 1740 g/mol. The summed E-state index contributed by atoms with van der Waals surface area (Å²) in [6.07, 6.45) is -3.52. The lowest BCUT2D eigenvalue weighted by Gasteiger charge is -2.37. The third kappa shape index (κ3) is 36.8. The highest BCUT2D eigenvalue weighted by atomic mass is 33.1. The molecule has 26 nitrogen and oxygen atoms in total. The van der Waals surface area contributed by atoms with Crippen molar-refractivity contribution in [3.63, 3.8) is 0 Å². The second-order valence-electron chi connectivity index (χ2n) is 37.5. The van der Waals surface area contributed by atoms with Crippen molar-refractivity contribution in [2.45, 2.75) is 227 Å². The number of ketones is 6. The molecule has 7 rings (SSSR count). The molecule has 134 heavy (non-hydrogen) atoms. The Bertz CT molecular complexity index is 4710. The van der Waals surface area contributed by atoms with Crippen molar-refractivity contribution in [2.24, 2.45) is 35.5 Å². The highest BCUT2D eigenvalue weighted by Crippen LogP contribution is 2.42. The second-order valence-corrected chi connectivity index (χ2v) is 40.3. The minimum absolute atomic E-state index is 0.00247. The zero-order valence-corrected chi connectivity index (χ0v) is 82.2. The van der Waals surface area contributed by atoms with Gasteiger partial charge in [-0.25, -0.2) is 4.79 Å². The van der Waals surface area contributed by atoms with Crippen molar-refractivity contribution >= 4 is 97.8 Å². The fraction of sp³-hybridized carbons (Fsp3) is 0.481. The maximum absolute atomic E-state index is 16.0. The molecule has 0 saturated carbocycles. The number of alkyl carbamates (subject to hydrolysis) is 1. The number of hydrogen-bond acceptors (Lipinski definition) is 21. The summed E-state index contributed by atoms with van der Waals surface area (Å²) in [4.78, 5) is 189. The third-order valence-corrected chi connectivity index (χ3v) is 24.7. The molecule has 724 valence electrons. The number of Topliss-reactive ketones (excluding diaryl/α,β-unsaturated/α-hetero) is 6. The Labute approximate surface area is 798 Å². The number of benzene rings is 7. The summed E-state index contributed by atoms with van der Waals surface area (Å²) in [6, 6.07) is 58.8. The van der Waals surface area contributed by atoms with Crippen LogP contribution in [0.25, 0.3) is 0 Å². The Morgan fingerprint density at radius 2 is 0.821 bits per heavy atom. The van der Waals surface area contributed by atoms with Gasteiger partial charge in [0.1, 0.15) is 41.2 Å². The summed E-state index contributed by atoms with van der Waals surface area (Å²) in [5, 5.41) is 20.2. The quantitative estimate of drug-likeness (QED) is 0.0106. The lowest BCUT2D eigenvalue weighted by molar-refractivity contribution is -0.141. The van der Waals surface area contributed by atoms with Crippen molar-refractivity contribution in [1.29, 1.82) is 0 Å². The van der Waals surface area contributed by atoms with E-state index in [1.165, 1.54) is 24.6 Å². The van der Waals surface area contributed by atoms with E-state index in [9.17, 15) is 28.8 Å². The number of nitrogens with one attached hydrogen (secondary N) is 7. The van der Waals surface area contributed by atoms with E-state index in [4.69, 9.17) is 28.4 Å². The van der Waals surface area contributed by atoms with Gasteiger partial charge in [0.15, 0.2) is 28.9 Å². The average molecular weight is 1880 g/mol. The monoisotopic (exact) mass is 1880 g/mol. The topological polar surface area (TPSA) is 361 Å². The number of rotatable bonds is 58. The van der Waals surface area contributed by atoms with E-state index in [0.29, 0.717) is 45.6 Å². The average Bonchev–Trinajstić information content (AvgIpc) is 0.754. The first-order valence-electron chi connectivity index (χ1n) is 46.2. The van der Waals surface area contributed by atoms with Gasteiger partial charge in [-0.05, 0) is 140 Å². The number of carbonyl (C=O) groups excluding carboxylic acids is 13. The normalized spacial score (nSPS) is 14.0. The minimum atomic E-state index is -1.55. The first-order chi connectivity index (χ1) is 63.6. The van der Waals surface area contributed by atoms with Gasteiger partial charge in [-0.1, -0.05) is 269 Å². The highest BCUT2D eigenvalue weighted by molar-refractivity contribution is 8.76. The predicted octanol–water partition coefficient (Wildman–Crippen LogP) is 14.7. The Morgan fingerprint density at radius 1 is 0.388 bits per heavy atom. The van der Waals surface area contributed by atoms with Crippen LogP contribution in [0.3, 0.4) is 0 Å². The van der Waals surface area contributed by atoms with Gasteiger partial charge in [0, 0.05) is 68.9 Å². The van der Waals surface area contributed by atoms with Gasteiger partial charge in [0.2, 0.25) is 35.4 Å². The van der Waals surface area contributed by atoms with E-state index >= 15 is 33.6 Å². The fourth-order valence-electron chi connectivity index (χ4n) is 15.2. The number of carbonyl (C=O) groups is 13. The first-order valence-corrected chi connectivity index (χ1v) is 48.7. The van der Waals surface area contributed by atoms with Crippen molar-refractivity contribution in [3.8, 4) is 0 Å². The molecule has 0 aromatic heterocycles. The largest absolute Gasteiger partial charge is 0.444 e. The molecule has 7 N–H and O–H groups in total. The van der Waals surface area contributed by atoms with Gasteiger partial charge in [-0.3, -0.25) is 57.5 Å². The number of hydrogen-bond donors (Lipinski definition) is 7. The van der Waals surface area contributed by atoms with Crippen molar-refractivity contribution in [1.82, 2.24) is 37.2 Å². The maximum atomic E-state index is 16.0. The van der Waals surface area contributed by atoms with Crippen LogP contribution in [0.15, 0.2) is 212 Å². The summed E-state index contributed by atoms with van der Waals surface area (Å²) >= 11 is 0. The minimum Gasteiger partial charge on any atom is -0.444 e. The zero-order valence-electron chi connectivity index (χ0n) is 80.6. The summed E-state index contributed by atoms with van der Waals surface area (Å²) in [6.45, 7) is 26.5. The van der Waals surface area contributed by atoms with Gasteiger partial charge in [-0.2, -0.15) is 0 Å². The van der Waals surface area contributed by atoms with Crippen LogP contribution >= 0.6 is 21.6 Å². The molecule has 0 aliphatic carbocycles. The van der Waals surface area contributed by atoms with Gasteiger partial charge in [-0.15, -0.1) is 0 Å². The Kier molecular flexibility index (Phi) is 44.9. The molecule has 7 aromatic carbocycles. The number of ether oxygens (including phenoxy) is 6. The lowest BCUT2D eigenvalue weighted by Crippen LogP contribution is -2.52. The Morgan fingerprint density at radius 3 is 1.29 bits per heavy atom. The van der Waals surface area contributed by atoms with E-state index in [1.54, 1.807) is 87.0 Å². The Hall–Kier alpha value is -10.8. The molecule has 7 amide bonds. The maximum Gasteiger partial charge on any atom is 0.408 e. The standard InChI is InChI=1S/C106H139N7O19S2/c1-17-133-134-70-89(111-101(126)132-104(14,15)16)100(125)107-55-56-127-57-58-128-68-86(115)53-54-94(120)112-96(72(4)5)93(119)62-77(65-95(121)113-105(80-41-27-19-28-42-80,81-43-29-20-30-44-81)82-45-31-21-32-46-82)97(122)108-73(6)90(116)63-78(67-131-106(83-47-33-22-34-48-83,84-49-35-23-36-50-84)85-51-37-24-38-52-85)99(124)110-88(69-130-103(11,12)13)92(118)64-79(66-129-102(8,9)10)98(123)109-87(59-71(2)3)91(117)61-76(74(7)114)60-75-39-25-18-26-40-75/h18-52,71-73,76-79,87-89,96H,17,53-70H2,1-16H3,(H,107,125)(H,108,122)(H,109,123)(H,110,124)(H,111,126)(H,112,120)(H,113,121)/t73-,76+,77-,78-,79-,87-,88-,89-,96-/m0/s1. The van der Waals surface area contributed by atoms with E-state index in [2.05, 4.69) is 37.2 Å². The molecule has 0 radical (unpaired) electrons. The smallest absolute Gasteiger partial charge is 0.408 e. The van der Waals surface area contributed by atoms with Crippen LogP contribution in [0.1, 0.15) is 201 Å². The summed E-state index contributed by atoms with van der Waals surface area (Å²) in [5.74, 6) is -11.9. The van der Waals surface area contributed by atoms with E-state index in [1.807, 2.05) is 233 Å². The fourth-order valence-corrected chi connectivity index (χ4v) is 17.0. The molecule has 7 aromatic rings. The van der Waals surface area contributed by atoms with Crippen molar-refractivity contribution in [2.75, 3.05) is 64.3 Å². The molecule has 0 fully saturated rings. The van der Waals surface area contributed by atoms with E-state index in [0.717, 1.165) is 11.3 Å². The van der Waals surface area contributed by atoms with Gasteiger partial charge >= 0.3 is 6.09 Å². The molecule has 28 heteroatoms. The third-order valence-electron chi connectivity index (χ3n) is 22.2. The predicted molar refractivity (Wildman–Crippen MR) is 522 cm³/mol. The molecule has 0 aliphatic rings. The van der Waals surface area contributed by atoms with Crippen LogP contribution in [-0.4, -0.2) is 188 Å². The summed E-state index contributed by atoms with van der Waals surface area (Å²) < 4.78 is 36.5.